The van der Waals surface area contributed by atoms with Crippen LogP contribution in [0.15, 0.2) is 42.5 Å². The first-order valence-corrected chi connectivity index (χ1v) is 7.78. The van der Waals surface area contributed by atoms with Crippen LogP contribution < -0.4 is 10.1 Å². The van der Waals surface area contributed by atoms with Gasteiger partial charge in [0.2, 0.25) is 0 Å². The molecule has 0 heterocycles. The van der Waals surface area contributed by atoms with Crippen LogP contribution in [0, 0.1) is 6.92 Å². The average Bonchev–Trinajstić information content (AvgIpc) is 3.30. The van der Waals surface area contributed by atoms with Crippen molar-refractivity contribution >= 4 is 11.6 Å². The molecule has 21 heavy (non-hydrogen) atoms. The average molecular weight is 302 g/mol. The maximum atomic E-state index is 5.99. The van der Waals surface area contributed by atoms with Gasteiger partial charge in [0.25, 0.3) is 0 Å². The van der Waals surface area contributed by atoms with Crippen molar-refractivity contribution in [3.05, 3.63) is 64.2 Å². The maximum absolute atomic E-state index is 5.99. The fourth-order valence-corrected chi connectivity index (χ4v) is 2.40. The van der Waals surface area contributed by atoms with Gasteiger partial charge >= 0.3 is 0 Å². The summed E-state index contributed by atoms with van der Waals surface area (Å²) in [7, 11) is 0. The highest BCUT2D eigenvalue weighted by Gasteiger charge is 2.20. The van der Waals surface area contributed by atoms with E-state index in [2.05, 4.69) is 30.4 Å². The molecule has 1 aliphatic rings. The van der Waals surface area contributed by atoms with Crippen molar-refractivity contribution in [2.45, 2.75) is 39.0 Å². The Morgan fingerprint density at radius 2 is 1.90 bits per heavy atom. The fraction of sp³-hybridized carbons (Fsp3) is 0.333. The molecule has 0 amide bonds. The maximum Gasteiger partial charge on any atom is 0.124 e. The molecule has 2 aromatic carbocycles. The summed E-state index contributed by atoms with van der Waals surface area (Å²) in [5.74, 6) is 0.962. The second-order valence-corrected chi connectivity index (χ2v) is 6.12. The van der Waals surface area contributed by atoms with Crippen molar-refractivity contribution in [2.24, 2.45) is 0 Å². The molecule has 2 nitrogen and oxygen atoms in total. The van der Waals surface area contributed by atoms with E-state index in [0.717, 1.165) is 22.9 Å². The summed E-state index contributed by atoms with van der Waals surface area (Å²) in [5, 5.41) is 4.30. The summed E-state index contributed by atoms with van der Waals surface area (Å²) in [4.78, 5) is 0. The lowest BCUT2D eigenvalue weighted by Gasteiger charge is -2.13. The van der Waals surface area contributed by atoms with Gasteiger partial charge in [-0.3, -0.25) is 0 Å². The fourth-order valence-electron chi connectivity index (χ4n) is 2.27. The van der Waals surface area contributed by atoms with E-state index in [9.17, 15) is 0 Å². The van der Waals surface area contributed by atoms with Crippen LogP contribution in [0.4, 0.5) is 0 Å². The molecule has 3 heteroatoms. The Hall–Kier alpha value is -1.51. The van der Waals surface area contributed by atoms with Crippen molar-refractivity contribution in [1.29, 1.82) is 0 Å². The molecule has 0 spiro atoms. The van der Waals surface area contributed by atoms with E-state index in [1.54, 1.807) is 0 Å². The molecule has 0 bridgehead atoms. The Labute approximate surface area is 131 Å². The number of rotatable bonds is 6. The molecule has 2 aromatic rings. The summed E-state index contributed by atoms with van der Waals surface area (Å²) in [6.45, 7) is 3.56. The van der Waals surface area contributed by atoms with Gasteiger partial charge in [-0.05, 0) is 43.5 Å². The number of aryl methyl sites for hydroxylation is 1. The highest BCUT2D eigenvalue weighted by molar-refractivity contribution is 6.30. The minimum atomic E-state index is 0.566. The first kappa shape index (κ1) is 14.4. The number of hydrogen-bond donors (Lipinski definition) is 1. The monoisotopic (exact) mass is 301 g/mol. The smallest absolute Gasteiger partial charge is 0.124 e. The molecule has 0 unspecified atom stereocenters. The first-order valence-electron chi connectivity index (χ1n) is 7.41. The van der Waals surface area contributed by atoms with Gasteiger partial charge in [0.15, 0.2) is 0 Å². The third-order valence-electron chi connectivity index (χ3n) is 3.68. The van der Waals surface area contributed by atoms with E-state index >= 15 is 0 Å². The van der Waals surface area contributed by atoms with E-state index in [1.165, 1.54) is 24.0 Å². The van der Waals surface area contributed by atoms with Crippen molar-refractivity contribution in [3.63, 3.8) is 0 Å². The van der Waals surface area contributed by atoms with Gasteiger partial charge in [0.05, 0.1) is 0 Å². The normalized spacial score (nSPS) is 14.2. The summed E-state index contributed by atoms with van der Waals surface area (Å²) >= 11 is 5.90. The highest BCUT2D eigenvalue weighted by atomic mass is 35.5. The van der Waals surface area contributed by atoms with Crippen molar-refractivity contribution in [2.75, 3.05) is 0 Å². The Bertz CT molecular complexity index is 605. The van der Waals surface area contributed by atoms with E-state index in [4.69, 9.17) is 16.3 Å². The molecule has 0 aromatic heterocycles. The summed E-state index contributed by atoms with van der Waals surface area (Å²) < 4.78 is 5.99. The van der Waals surface area contributed by atoms with E-state index in [0.29, 0.717) is 12.6 Å². The lowest BCUT2D eigenvalue weighted by Crippen LogP contribution is -2.16. The Balaban J connectivity index is 1.66. The molecule has 1 fully saturated rings. The van der Waals surface area contributed by atoms with Crippen LogP contribution in [0.1, 0.15) is 29.5 Å². The first-order chi connectivity index (χ1) is 10.2. The molecule has 3 rings (SSSR count). The molecule has 0 radical (unpaired) electrons. The zero-order chi connectivity index (χ0) is 14.7. The SMILES string of the molecule is Cc1ccc(OCc2ccc(Cl)cc2)c(CNC2CC2)c1. The highest BCUT2D eigenvalue weighted by Crippen LogP contribution is 2.24. The summed E-state index contributed by atoms with van der Waals surface area (Å²) in [5.41, 5.74) is 3.62. The molecule has 1 N–H and O–H groups in total. The van der Waals surface area contributed by atoms with Gasteiger partial charge < -0.3 is 10.1 Å². The van der Waals surface area contributed by atoms with E-state index in [-0.39, 0.29) is 0 Å². The third kappa shape index (κ3) is 4.23. The van der Waals surface area contributed by atoms with Gasteiger partial charge in [0.1, 0.15) is 12.4 Å². The number of benzene rings is 2. The largest absolute Gasteiger partial charge is 0.489 e. The van der Waals surface area contributed by atoms with Crippen LogP contribution in [0.2, 0.25) is 5.02 Å². The molecule has 0 aliphatic heterocycles. The van der Waals surface area contributed by atoms with E-state index < -0.39 is 0 Å². The van der Waals surface area contributed by atoms with E-state index in [1.807, 2.05) is 24.3 Å². The van der Waals surface area contributed by atoms with Gasteiger partial charge in [0, 0.05) is 23.2 Å². The number of nitrogens with one attached hydrogen (secondary N) is 1. The van der Waals surface area contributed by atoms with Crippen LogP contribution in [0.5, 0.6) is 5.75 Å². The van der Waals surface area contributed by atoms with Gasteiger partial charge in [-0.25, -0.2) is 0 Å². The topological polar surface area (TPSA) is 21.3 Å². The molecule has 1 aliphatic carbocycles. The lowest BCUT2D eigenvalue weighted by molar-refractivity contribution is 0.302. The van der Waals surface area contributed by atoms with Gasteiger partial charge in [-0.15, -0.1) is 0 Å². The second-order valence-electron chi connectivity index (χ2n) is 5.68. The predicted molar refractivity (Wildman–Crippen MR) is 86.8 cm³/mol. The molecule has 1 saturated carbocycles. The second kappa shape index (κ2) is 6.50. The summed E-state index contributed by atoms with van der Waals surface area (Å²) in [6.07, 6.45) is 2.60. The van der Waals surface area contributed by atoms with Crippen LogP contribution in [-0.2, 0) is 13.2 Å². The van der Waals surface area contributed by atoms with Crippen molar-refractivity contribution < 1.29 is 4.74 Å². The minimum Gasteiger partial charge on any atom is -0.489 e. The minimum absolute atomic E-state index is 0.566. The van der Waals surface area contributed by atoms with Crippen LogP contribution >= 0.6 is 11.6 Å². The van der Waals surface area contributed by atoms with Gasteiger partial charge in [-0.1, -0.05) is 41.4 Å². The standard InChI is InChI=1S/C18H20ClNO/c1-13-2-9-18(15(10-13)11-20-17-7-8-17)21-12-14-3-5-16(19)6-4-14/h2-6,9-10,17,20H,7-8,11-12H2,1H3. The summed E-state index contributed by atoms with van der Waals surface area (Å²) in [6, 6.07) is 14.8. The lowest BCUT2D eigenvalue weighted by atomic mass is 10.1. The Kier molecular flexibility index (Phi) is 4.47. The molecular weight excluding hydrogens is 282 g/mol. The van der Waals surface area contributed by atoms with Crippen LogP contribution in [-0.4, -0.2) is 6.04 Å². The number of hydrogen-bond acceptors (Lipinski definition) is 2. The third-order valence-corrected chi connectivity index (χ3v) is 3.93. The number of halogens is 1. The van der Waals surface area contributed by atoms with Crippen LogP contribution in [0.3, 0.4) is 0 Å². The number of ether oxygens (including phenoxy) is 1. The Morgan fingerprint density at radius 3 is 2.62 bits per heavy atom. The molecule has 110 valence electrons. The predicted octanol–water partition coefficient (Wildman–Crippen LogP) is 4.48. The molecule has 0 atom stereocenters. The zero-order valence-corrected chi connectivity index (χ0v) is 13.0. The quantitative estimate of drug-likeness (QED) is 0.849. The zero-order valence-electron chi connectivity index (χ0n) is 12.2. The van der Waals surface area contributed by atoms with Crippen LogP contribution in [0.25, 0.3) is 0 Å². The van der Waals surface area contributed by atoms with Crippen molar-refractivity contribution in [3.8, 4) is 5.75 Å². The molecular formula is C18H20ClNO. The van der Waals surface area contributed by atoms with Crippen molar-refractivity contribution in [1.82, 2.24) is 5.32 Å². The van der Waals surface area contributed by atoms with Gasteiger partial charge in [-0.2, -0.15) is 0 Å². The molecule has 0 saturated heterocycles. The Morgan fingerprint density at radius 1 is 1.14 bits per heavy atom.